The highest BCUT2D eigenvalue weighted by Gasteiger charge is 2.09. The number of aliphatic carboxylic acids is 1. The average Bonchev–Trinajstić information content (AvgIpc) is 2.25. The van der Waals surface area contributed by atoms with Crippen molar-refractivity contribution in [2.24, 2.45) is 0 Å². The van der Waals surface area contributed by atoms with Crippen LogP contribution in [0.1, 0.15) is 5.56 Å². The maximum absolute atomic E-state index is 10.6. The van der Waals surface area contributed by atoms with Crippen molar-refractivity contribution < 1.29 is 14.7 Å². The highest BCUT2D eigenvalue weighted by molar-refractivity contribution is 5.85. The third-order valence-electron chi connectivity index (χ3n) is 1.74. The van der Waals surface area contributed by atoms with Gasteiger partial charge in [-0.2, -0.15) is 5.26 Å². The van der Waals surface area contributed by atoms with Gasteiger partial charge in [-0.05, 0) is 18.2 Å². The SMILES string of the molecule is N#Cc1cccc(N(C=O)CC(=O)O)c1. The number of amides is 1. The van der Waals surface area contributed by atoms with Crippen LogP contribution >= 0.6 is 0 Å². The Kier molecular flexibility index (Phi) is 3.41. The summed E-state index contributed by atoms with van der Waals surface area (Å²) >= 11 is 0. The Balaban J connectivity index is 2.97. The molecule has 0 aliphatic rings. The molecule has 1 rings (SSSR count). The van der Waals surface area contributed by atoms with Crippen LogP contribution in [0, 0.1) is 11.3 Å². The number of hydrogen-bond donors (Lipinski definition) is 1. The average molecular weight is 204 g/mol. The van der Waals surface area contributed by atoms with Crippen molar-refractivity contribution in [2.45, 2.75) is 0 Å². The second-order valence-electron chi connectivity index (χ2n) is 2.79. The molecule has 5 nitrogen and oxygen atoms in total. The number of nitrogens with zero attached hydrogens (tertiary/aromatic N) is 2. The lowest BCUT2D eigenvalue weighted by atomic mass is 10.2. The van der Waals surface area contributed by atoms with E-state index in [2.05, 4.69) is 0 Å². The van der Waals surface area contributed by atoms with Gasteiger partial charge in [0.2, 0.25) is 6.41 Å². The number of carboxylic acids is 1. The van der Waals surface area contributed by atoms with Crippen LogP contribution in [0.4, 0.5) is 5.69 Å². The van der Waals surface area contributed by atoms with Gasteiger partial charge in [-0.15, -0.1) is 0 Å². The minimum absolute atomic E-state index is 0.379. The van der Waals surface area contributed by atoms with Gasteiger partial charge in [0.25, 0.3) is 0 Å². The fourth-order valence-electron chi connectivity index (χ4n) is 1.09. The molecule has 1 amide bonds. The van der Waals surface area contributed by atoms with Gasteiger partial charge in [0, 0.05) is 5.69 Å². The van der Waals surface area contributed by atoms with Gasteiger partial charge in [0.05, 0.1) is 11.6 Å². The van der Waals surface area contributed by atoms with E-state index >= 15 is 0 Å². The molecule has 0 aliphatic carbocycles. The summed E-state index contributed by atoms with van der Waals surface area (Å²) in [6.45, 7) is -0.418. The predicted molar refractivity (Wildman–Crippen MR) is 52.2 cm³/mol. The Morgan fingerprint density at radius 1 is 1.60 bits per heavy atom. The summed E-state index contributed by atoms with van der Waals surface area (Å²) in [5.41, 5.74) is 0.774. The fourth-order valence-corrected chi connectivity index (χ4v) is 1.09. The standard InChI is InChI=1S/C10H8N2O3/c11-5-8-2-1-3-9(4-8)12(7-13)6-10(14)15/h1-4,7H,6H2,(H,14,15). The van der Waals surface area contributed by atoms with Crippen molar-refractivity contribution in [2.75, 3.05) is 11.4 Å². The van der Waals surface area contributed by atoms with Crippen LogP contribution < -0.4 is 4.90 Å². The predicted octanol–water partition coefficient (Wildman–Crippen LogP) is 0.606. The monoisotopic (exact) mass is 204 g/mol. The van der Waals surface area contributed by atoms with Crippen molar-refractivity contribution in [1.29, 1.82) is 5.26 Å². The minimum atomic E-state index is -1.11. The largest absolute Gasteiger partial charge is 0.480 e. The molecule has 0 aliphatic heterocycles. The van der Waals surface area contributed by atoms with Gasteiger partial charge in [0.1, 0.15) is 6.54 Å². The number of rotatable bonds is 4. The number of benzene rings is 1. The first-order valence-electron chi connectivity index (χ1n) is 4.11. The van der Waals surface area contributed by atoms with E-state index in [1.54, 1.807) is 18.2 Å². The summed E-state index contributed by atoms with van der Waals surface area (Å²) in [5, 5.41) is 17.2. The number of carbonyl (C=O) groups excluding carboxylic acids is 1. The van der Waals surface area contributed by atoms with E-state index < -0.39 is 12.5 Å². The molecule has 1 aromatic carbocycles. The van der Waals surface area contributed by atoms with Crippen molar-refractivity contribution in [3.63, 3.8) is 0 Å². The van der Waals surface area contributed by atoms with E-state index in [1.807, 2.05) is 6.07 Å². The highest BCUT2D eigenvalue weighted by atomic mass is 16.4. The molecule has 0 heterocycles. The van der Waals surface area contributed by atoms with Crippen molar-refractivity contribution in [1.82, 2.24) is 0 Å². The van der Waals surface area contributed by atoms with E-state index in [4.69, 9.17) is 10.4 Å². The van der Waals surface area contributed by atoms with Crippen molar-refractivity contribution in [3.8, 4) is 6.07 Å². The zero-order chi connectivity index (χ0) is 11.3. The molecular weight excluding hydrogens is 196 g/mol. The normalized spacial score (nSPS) is 9.00. The van der Waals surface area contributed by atoms with Crippen LogP contribution in [0.5, 0.6) is 0 Å². The second kappa shape index (κ2) is 4.77. The molecule has 0 bridgehead atoms. The first kappa shape index (κ1) is 10.7. The molecule has 15 heavy (non-hydrogen) atoms. The Morgan fingerprint density at radius 3 is 2.87 bits per heavy atom. The first-order valence-corrected chi connectivity index (χ1v) is 4.11. The number of hydrogen-bond acceptors (Lipinski definition) is 3. The molecular formula is C10H8N2O3. The topological polar surface area (TPSA) is 81.4 Å². The van der Waals surface area contributed by atoms with E-state index in [0.717, 1.165) is 4.90 Å². The van der Waals surface area contributed by atoms with Gasteiger partial charge < -0.3 is 10.0 Å². The maximum Gasteiger partial charge on any atom is 0.323 e. The van der Waals surface area contributed by atoms with Gasteiger partial charge >= 0.3 is 5.97 Å². The maximum atomic E-state index is 10.6. The molecule has 0 atom stereocenters. The van der Waals surface area contributed by atoms with Crippen molar-refractivity contribution in [3.05, 3.63) is 29.8 Å². The van der Waals surface area contributed by atoms with Crippen LogP contribution in [0.2, 0.25) is 0 Å². The van der Waals surface area contributed by atoms with E-state index in [9.17, 15) is 9.59 Å². The molecule has 1 aromatic rings. The van der Waals surface area contributed by atoms with Crippen LogP contribution in [0.15, 0.2) is 24.3 Å². The third kappa shape index (κ3) is 2.81. The Morgan fingerprint density at radius 2 is 2.33 bits per heavy atom. The summed E-state index contributed by atoms with van der Waals surface area (Å²) in [4.78, 5) is 22.1. The number of nitriles is 1. The second-order valence-corrected chi connectivity index (χ2v) is 2.79. The van der Waals surface area contributed by atoms with E-state index in [-0.39, 0.29) is 0 Å². The summed E-state index contributed by atoms with van der Waals surface area (Å²) in [7, 11) is 0. The zero-order valence-corrected chi connectivity index (χ0v) is 7.75. The minimum Gasteiger partial charge on any atom is -0.480 e. The van der Waals surface area contributed by atoms with Crippen LogP contribution in [0.3, 0.4) is 0 Å². The number of carbonyl (C=O) groups is 2. The van der Waals surface area contributed by atoms with Crippen LogP contribution in [0.25, 0.3) is 0 Å². The number of carboxylic acid groups (broad SMARTS) is 1. The lowest BCUT2D eigenvalue weighted by Crippen LogP contribution is -2.28. The Bertz CT molecular complexity index is 423. The molecule has 0 aromatic heterocycles. The molecule has 0 saturated carbocycles. The fraction of sp³-hybridized carbons (Fsp3) is 0.100. The van der Waals surface area contributed by atoms with Gasteiger partial charge in [0.15, 0.2) is 0 Å². The molecule has 5 heteroatoms. The molecule has 0 spiro atoms. The molecule has 1 N–H and O–H groups in total. The van der Waals surface area contributed by atoms with Gasteiger partial charge in [-0.1, -0.05) is 6.07 Å². The van der Waals surface area contributed by atoms with Gasteiger partial charge in [-0.3, -0.25) is 9.59 Å². The summed E-state index contributed by atoms with van der Waals surface area (Å²) in [5.74, 6) is -1.11. The Hall–Kier alpha value is -2.35. The van der Waals surface area contributed by atoms with Crippen molar-refractivity contribution >= 4 is 18.1 Å². The molecule has 0 saturated heterocycles. The summed E-state index contributed by atoms with van der Waals surface area (Å²) < 4.78 is 0. The lowest BCUT2D eigenvalue weighted by Gasteiger charge is -2.14. The number of anilines is 1. The summed E-state index contributed by atoms with van der Waals surface area (Å²) in [6.07, 6.45) is 0.421. The molecule has 0 radical (unpaired) electrons. The highest BCUT2D eigenvalue weighted by Crippen LogP contribution is 2.13. The molecule has 76 valence electrons. The molecule has 0 fully saturated rings. The zero-order valence-electron chi connectivity index (χ0n) is 7.75. The van der Waals surface area contributed by atoms with Crippen LogP contribution in [-0.4, -0.2) is 24.0 Å². The first-order chi connectivity index (χ1) is 7.17. The summed E-state index contributed by atoms with van der Waals surface area (Å²) in [6, 6.07) is 8.10. The Labute approximate surface area is 86.2 Å². The van der Waals surface area contributed by atoms with E-state index in [0.29, 0.717) is 17.7 Å². The van der Waals surface area contributed by atoms with Crippen LogP contribution in [-0.2, 0) is 9.59 Å². The lowest BCUT2D eigenvalue weighted by molar-refractivity contribution is -0.136. The van der Waals surface area contributed by atoms with Gasteiger partial charge in [-0.25, -0.2) is 0 Å². The van der Waals surface area contributed by atoms with E-state index in [1.165, 1.54) is 6.07 Å². The smallest absolute Gasteiger partial charge is 0.323 e. The third-order valence-corrected chi connectivity index (χ3v) is 1.74. The molecule has 0 unspecified atom stereocenters. The quantitative estimate of drug-likeness (QED) is 0.728.